The van der Waals surface area contributed by atoms with Crippen molar-refractivity contribution in [3.05, 3.63) is 35.9 Å². The lowest BCUT2D eigenvalue weighted by molar-refractivity contribution is -0.145. The van der Waals surface area contributed by atoms with E-state index < -0.39 is 23.5 Å². The van der Waals surface area contributed by atoms with E-state index in [1.165, 1.54) is 13.8 Å². The van der Waals surface area contributed by atoms with Gasteiger partial charge >= 0.3 is 5.97 Å². The van der Waals surface area contributed by atoms with Crippen LogP contribution in [-0.4, -0.2) is 33.7 Å². The molecule has 1 atom stereocenters. The lowest BCUT2D eigenvalue weighted by Crippen LogP contribution is -2.54. The molecule has 3 N–H and O–H groups in total. The van der Waals surface area contributed by atoms with Crippen molar-refractivity contribution in [2.75, 3.05) is 0 Å². The number of nitrogens with one attached hydrogen (secondary N) is 1. The number of hydrogen-bond acceptors (Lipinski definition) is 3. The van der Waals surface area contributed by atoms with Crippen LogP contribution in [-0.2, 0) is 4.79 Å². The Labute approximate surface area is 99.1 Å². The van der Waals surface area contributed by atoms with Gasteiger partial charge in [0.2, 0.25) is 0 Å². The molecule has 92 valence electrons. The Hall–Kier alpha value is -1.88. The zero-order valence-electron chi connectivity index (χ0n) is 9.68. The van der Waals surface area contributed by atoms with Crippen LogP contribution in [0, 0.1) is 0 Å². The van der Waals surface area contributed by atoms with E-state index in [1.807, 2.05) is 0 Å². The minimum atomic E-state index is -1.53. The summed E-state index contributed by atoms with van der Waals surface area (Å²) >= 11 is 0. The molecular formula is C12H15NO4. The quantitative estimate of drug-likeness (QED) is 0.717. The van der Waals surface area contributed by atoms with E-state index in [-0.39, 0.29) is 0 Å². The number of benzene rings is 1. The second-order valence-corrected chi connectivity index (χ2v) is 4.26. The number of carbonyl (C=O) groups excluding carboxylic acids is 1. The minimum Gasteiger partial charge on any atom is -0.480 e. The first kappa shape index (κ1) is 13.2. The Bertz CT molecular complexity index is 408. The molecule has 0 aliphatic rings. The van der Waals surface area contributed by atoms with E-state index in [0.29, 0.717) is 5.56 Å². The predicted molar refractivity (Wildman–Crippen MR) is 61.6 cm³/mol. The number of hydrogen-bond donors (Lipinski definition) is 3. The van der Waals surface area contributed by atoms with Crippen molar-refractivity contribution in [2.24, 2.45) is 0 Å². The smallest absolute Gasteiger partial charge is 0.329 e. The Morgan fingerprint density at radius 3 is 2.18 bits per heavy atom. The summed E-state index contributed by atoms with van der Waals surface area (Å²) in [6.45, 7) is 2.66. The maximum Gasteiger partial charge on any atom is 0.329 e. The number of rotatable bonds is 4. The fraction of sp³-hybridized carbons (Fsp3) is 0.333. The summed E-state index contributed by atoms with van der Waals surface area (Å²) in [4.78, 5) is 22.7. The topological polar surface area (TPSA) is 86.6 Å². The highest BCUT2D eigenvalue weighted by Crippen LogP contribution is 2.10. The molecular weight excluding hydrogens is 222 g/mol. The first-order valence-electron chi connectivity index (χ1n) is 5.13. The first-order valence-corrected chi connectivity index (χ1v) is 5.13. The van der Waals surface area contributed by atoms with Crippen molar-refractivity contribution < 1.29 is 19.8 Å². The average molecular weight is 237 g/mol. The Kier molecular flexibility index (Phi) is 3.85. The molecule has 0 saturated carbocycles. The van der Waals surface area contributed by atoms with E-state index in [9.17, 15) is 14.7 Å². The number of carboxylic acids is 1. The van der Waals surface area contributed by atoms with Gasteiger partial charge in [-0.3, -0.25) is 4.79 Å². The Morgan fingerprint density at radius 1 is 1.24 bits per heavy atom. The van der Waals surface area contributed by atoms with E-state index in [2.05, 4.69) is 5.32 Å². The van der Waals surface area contributed by atoms with Gasteiger partial charge in [-0.25, -0.2) is 4.79 Å². The molecule has 0 unspecified atom stereocenters. The van der Waals surface area contributed by atoms with Gasteiger partial charge < -0.3 is 15.5 Å². The summed E-state index contributed by atoms with van der Waals surface area (Å²) < 4.78 is 0. The normalized spacial score (nSPS) is 12.9. The van der Waals surface area contributed by atoms with Crippen molar-refractivity contribution >= 4 is 11.9 Å². The second-order valence-electron chi connectivity index (χ2n) is 4.26. The van der Waals surface area contributed by atoms with Crippen LogP contribution >= 0.6 is 0 Å². The maximum absolute atomic E-state index is 11.7. The van der Waals surface area contributed by atoms with Gasteiger partial charge in [0.15, 0.2) is 6.04 Å². The monoisotopic (exact) mass is 237 g/mol. The van der Waals surface area contributed by atoms with Crippen molar-refractivity contribution in [2.45, 2.75) is 25.5 Å². The molecule has 0 saturated heterocycles. The summed E-state index contributed by atoms with van der Waals surface area (Å²) in [7, 11) is 0. The maximum atomic E-state index is 11.7. The molecule has 1 aromatic carbocycles. The standard InChI is InChI=1S/C12H15NO4/c1-12(2,17)9(11(15)16)13-10(14)8-6-4-3-5-7-8/h3-7,9,17H,1-2H3,(H,13,14)(H,15,16)/t9-/m1/s1. The third-order valence-electron chi connectivity index (χ3n) is 2.26. The number of carboxylic acid groups (broad SMARTS) is 1. The highest BCUT2D eigenvalue weighted by molar-refractivity contribution is 5.96. The van der Waals surface area contributed by atoms with Gasteiger partial charge in [0.1, 0.15) is 0 Å². The van der Waals surface area contributed by atoms with E-state index >= 15 is 0 Å². The van der Waals surface area contributed by atoms with Gasteiger partial charge in [-0.1, -0.05) is 18.2 Å². The van der Waals surface area contributed by atoms with Crippen LogP contribution < -0.4 is 5.32 Å². The van der Waals surface area contributed by atoms with Crippen LogP contribution in [0.5, 0.6) is 0 Å². The minimum absolute atomic E-state index is 0.350. The highest BCUT2D eigenvalue weighted by Gasteiger charge is 2.34. The molecule has 0 bridgehead atoms. The van der Waals surface area contributed by atoms with Crippen molar-refractivity contribution in [3.8, 4) is 0 Å². The van der Waals surface area contributed by atoms with Crippen LogP contribution in [0.3, 0.4) is 0 Å². The number of carbonyl (C=O) groups is 2. The molecule has 0 radical (unpaired) electrons. The zero-order valence-corrected chi connectivity index (χ0v) is 9.68. The van der Waals surface area contributed by atoms with E-state index in [4.69, 9.17) is 5.11 Å². The fourth-order valence-electron chi connectivity index (χ4n) is 1.34. The summed E-state index contributed by atoms with van der Waals surface area (Å²) in [6, 6.07) is 6.89. The van der Waals surface area contributed by atoms with Crippen molar-refractivity contribution in [3.63, 3.8) is 0 Å². The lowest BCUT2D eigenvalue weighted by Gasteiger charge is -2.26. The fourth-order valence-corrected chi connectivity index (χ4v) is 1.34. The van der Waals surface area contributed by atoms with E-state index in [1.54, 1.807) is 30.3 Å². The van der Waals surface area contributed by atoms with Gasteiger partial charge in [-0.05, 0) is 26.0 Å². The van der Waals surface area contributed by atoms with Crippen LogP contribution in [0.4, 0.5) is 0 Å². The largest absolute Gasteiger partial charge is 0.480 e. The van der Waals surface area contributed by atoms with Gasteiger partial charge in [-0.15, -0.1) is 0 Å². The summed E-state index contributed by atoms with van der Waals surface area (Å²) in [5.41, 5.74) is -1.18. The summed E-state index contributed by atoms with van der Waals surface area (Å²) in [5.74, 6) is -1.80. The number of aliphatic hydroxyl groups is 1. The molecule has 17 heavy (non-hydrogen) atoms. The molecule has 0 aliphatic heterocycles. The van der Waals surface area contributed by atoms with Crippen LogP contribution in [0.15, 0.2) is 30.3 Å². The Morgan fingerprint density at radius 2 is 1.76 bits per heavy atom. The van der Waals surface area contributed by atoms with Crippen LogP contribution in [0.25, 0.3) is 0 Å². The average Bonchev–Trinajstić information content (AvgIpc) is 2.24. The third-order valence-corrected chi connectivity index (χ3v) is 2.26. The molecule has 0 spiro atoms. The molecule has 0 heterocycles. The number of aliphatic carboxylic acids is 1. The van der Waals surface area contributed by atoms with Gasteiger partial charge in [-0.2, -0.15) is 0 Å². The van der Waals surface area contributed by atoms with Crippen molar-refractivity contribution in [1.82, 2.24) is 5.32 Å². The van der Waals surface area contributed by atoms with Gasteiger partial charge in [0.25, 0.3) is 5.91 Å². The zero-order chi connectivity index (χ0) is 13.1. The first-order chi connectivity index (χ1) is 7.82. The second kappa shape index (κ2) is 4.97. The SMILES string of the molecule is CC(C)(O)[C@H](NC(=O)c1ccccc1)C(=O)O. The third kappa shape index (κ3) is 3.57. The molecule has 0 fully saturated rings. The summed E-state index contributed by atoms with van der Waals surface area (Å²) in [5, 5.41) is 20.9. The molecule has 1 aromatic rings. The van der Waals surface area contributed by atoms with Gasteiger partial charge in [0, 0.05) is 5.56 Å². The summed E-state index contributed by atoms with van der Waals surface area (Å²) in [6.07, 6.45) is 0. The molecule has 1 rings (SSSR count). The molecule has 5 heteroatoms. The highest BCUT2D eigenvalue weighted by atomic mass is 16.4. The number of amides is 1. The molecule has 0 aliphatic carbocycles. The van der Waals surface area contributed by atoms with Gasteiger partial charge in [0.05, 0.1) is 5.60 Å². The predicted octanol–water partition coefficient (Wildman–Crippen LogP) is 0.640. The lowest BCUT2D eigenvalue weighted by atomic mass is 9.98. The van der Waals surface area contributed by atoms with E-state index in [0.717, 1.165) is 0 Å². The van der Waals surface area contributed by atoms with Crippen LogP contribution in [0.2, 0.25) is 0 Å². The molecule has 1 amide bonds. The molecule has 5 nitrogen and oxygen atoms in total. The van der Waals surface area contributed by atoms with Crippen molar-refractivity contribution in [1.29, 1.82) is 0 Å². The Balaban J connectivity index is 2.83. The van der Waals surface area contributed by atoms with Crippen LogP contribution in [0.1, 0.15) is 24.2 Å². The molecule has 0 aromatic heterocycles.